The number of rotatable bonds is 7. The summed E-state index contributed by atoms with van der Waals surface area (Å²) in [6.07, 6.45) is 3.27. The van der Waals surface area contributed by atoms with E-state index in [2.05, 4.69) is 4.98 Å². The van der Waals surface area contributed by atoms with Crippen molar-refractivity contribution in [2.75, 3.05) is 7.11 Å². The van der Waals surface area contributed by atoms with Gasteiger partial charge in [0.1, 0.15) is 5.75 Å². The highest BCUT2D eigenvalue weighted by molar-refractivity contribution is 6.08. The summed E-state index contributed by atoms with van der Waals surface area (Å²) in [7, 11) is 1.58. The van der Waals surface area contributed by atoms with Gasteiger partial charge in [0.2, 0.25) is 0 Å². The molecule has 2 rings (SSSR count). The number of aromatic nitrogens is 1. The van der Waals surface area contributed by atoms with Crippen LogP contribution in [0.3, 0.4) is 0 Å². The zero-order valence-corrected chi connectivity index (χ0v) is 11.3. The Morgan fingerprint density at radius 3 is 2.70 bits per heavy atom. The van der Waals surface area contributed by atoms with E-state index in [1.54, 1.807) is 13.3 Å². The number of carbonyl (C=O) groups is 2. The largest absolute Gasteiger partial charge is 0.497 e. The van der Waals surface area contributed by atoms with Crippen LogP contribution in [-0.4, -0.2) is 29.0 Å². The van der Waals surface area contributed by atoms with E-state index in [0.29, 0.717) is 30.6 Å². The molecular formula is C15H17NO4. The molecule has 0 aliphatic rings. The predicted molar refractivity (Wildman–Crippen MR) is 75.3 cm³/mol. The highest BCUT2D eigenvalue weighted by atomic mass is 16.5. The molecule has 0 atom stereocenters. The molecule has 5 nitrogen and oxygen atoms in total. The molecule has 0 saturated heterocycles. The van der Waals surface area contributed by atoms with Gasteiger partial charge >= 0.3 is 5.97 Å². The summed E-state index contributed by atoms with van der Waals surface area (Å²) in [6.45, 7) is 0. The molecule has 0 fully saturated rings. The number of carboxylic acid groups (broad SMARTS) is 1. The van der Waals surface area contributed by atoms with Crippen LogP contribution < -0.4 is 4.74 Å². The number of H-pyrrole nitrogens is 1. The molecule has 0 bridgehead atoms. The predicted octanol–water partition coefficient (Wildman–Crippen LogP) is 3.00. The summed E-state index contributed by atoms with van der Waals surface area (Å²) < 4.78 is 5.16. The van der Waals surface area contributed by atoms with Gasteiger partial charge < -0.3 is 14.8 Å². The Balaban J connectivity index is 2.07. The highest BCUT2D eigenvalue weighted by Crippen LogP contribution is 2.25. The summed E-state index contributed by atoms with van der Waals surface area (Å²) >= 11 is 0. The third-order valence-corrected chi connectivity index (χ3v) is 3.23. The first-order valence-corrected chi connectivity index (χ1v) is 6.52. The SMILES string of the molecule is COc1ccc2[nH]cc(C(=O)CCCCC(=O)O)c2c1. The smallest absolute Gasteiger partial charge is 0.303 e. The van der Waals surface area contributed by atoms with Crippen LogP contribution in [0.15, 0.2) is 24.4 Å². The maximum absolute atomic E-state index is 12.2. The molecule has 2 N–H and O–H groups in total. The van der Waals surface area contributed by atoms with E-state index >= 15 is 0 Å². The van der Waals surface area contributed by atoms with E-state index in [4.69, 9.17) is 9.84 Å². The van der Waals surface area contributed by atoms with Crippen LogP contribution in [0.4, 0.5) is 0 Å². The second-order valence-electron chi connectivity index (χ2n) is 4.64. The van der Waals surface area contributed by atoms with Crippen LogP contribution in [0, 0.1) is 0 Å². The minimum absolute atomic E-state index is 0.0230. The van der Waals surface area contributed by atoms with E-state index in [1.807, 2.05) is 18.2 Å². The molecule has 1 heterocycles. The number of ketones is 1. The van der Waals surface area contributed by atoms with Crippen molar-refractivity contribution in [2.24, 2.45) is 0 Å². The number of aromatic amines is 1. The average molecular weight is 275 g/mol. The number of nitrogens with one attached hydrogen (secondary N) is 1. The highest BCUT2D eigenvalue weighted by Gasteiger charge is 2.12. The van der Waals surface area contributed by atoms with Crippen molar-refractivity contribution >= 4 is 22.7 Å². The Bertz CT molecular complexity index is 630. The van der Waals surface area contributed by atoms with Crippen LogP contribution >= 0.6 is 0 Å². The second kappa shape index (κ2) is 6.23. The zero-order valence-electron chi connectivity index (χ0n) is 11.3. The number of fused-ring (bicyclic) bond motifs is 1. The number of hydrogen-bond donors (Lipinski definition) is 2. The van der Waals surface area contributed by atoms with Crippen molar-refractivity contribution in [1.29, 1.82) is 0 Å². The van der Waals surface area contributed by atoms with Gasteiger partial charge in [0, 0.05) is 35.5 Å². The lowest BCUT2D eigenvalue weighted by atomic mass is 10.0. The lowest BCUT2D eigenvalue weighted by Gasteiger charge is -2.02. The monoisotopic (exact) mass is 275 g/mol. The van der Waals surface area contributed by atoms with E-state index < -0.39 is 5.97 Å². The van der Waals surface area contributed by atoms with Crippen molar-refractivity contribution in [3.8, 4) is 5.75 Å². The van der Waals surface area contributed by atoms with Crippen molar-refractivity contribution in [3.05, 3.63) is 30.0 Å². The molecule has 0 saturated carbocycles. The Morgan fingerprint density at radius 1 is 1.25 bits per heavy atom. The van der Waals surface area contributed by atoms with Crippen molar-refractivity contribution in [3.63, 3.8) is 0 Å². The molecule has 2 aromatic rings. The van der Waals surface area contributed by atoms with Crippen LogP contribution in [0.1, 0.15) is 36.0 Å². The van der Waals surface area contributed by atoms with Gasteiger partial charge in [-0.15, -0.1) is 0 Å². The molecular weight excluding hydrogens is 258 g/mol. The van der Waals surface area contributed by atoms with Gasteiger partial charge in [-0.3, -0.25) is 9.59 Å². The molecule has 20 heavy (non-hydrogen) atoms. The molecule has 0 radical (unpaired) electrons. The van der Waals surface area contributed by atoms with Crippen LogP contribution in [-0.2, 0) is 4.79 Å². The van der Waals surface area contributed by atoms with Gasteiger partial charge in [-0.05, 0) is 31.0 Å². The number of benzene rings is 1. The standard InChI is InChI=1S/C15H17NO4/c1-20-10-6-7-13-11(8-10)12(9-16-13)14(17)4-2-3-5-15(18)19/h6-9,16H,2-5H2,1H3,(H,18,19). The molecule has 0 unspecified atom stereocenters. The van der Waals surface area contributed by atoms with Gasteiger partial charge in [0.05, 0.1) is 7.11 Å². The molecule has 5 heteroatoms. The minimum Gasteiger partial charge on any atom is -0.497 e. The van der Waals surface area contributed by atoms with Gasteiger partial charge in [0.25, 0.3) is 0 Å². The number of hydrogen-bond acceptors (Lipinski definition) is 3. The van der Waals surface area contributed by atoms with Gasteiger partial charge in [0.15, 0.2) is 5.78 Å². The third-order valence-electron chi connectivity index (χ3n) is 3.23. The molecule has 1 aromatic heterocycles. The fourth-order valence-electron chi connectivity index (χ4n) is 2.15. The van der Waals surface area contributed by atoms with Crippen LogP contribution in [0.25, 0.3) is 10.9 Å². The second-order valence-corrected chi connectivity index (χ2v) is 4.64. The molecule has 0 aliphatic carbocycles. The number of methoxy groups -OCH3 is 1. The molecule has 106 valence electrons. The van der Waals surface area contributed by atoms with Crippen LogP contribution in [0.5, 0.6) is 5.75 Å². The van der Waals surface area contributed by atoms with E-state index in [1.165, 1.54) is 0 Å². The lowest BCUT2D eigenvalue weighted by molar-refractivity contribution is -0.137. The quantitative estimate of drug-likeness (QED) is 0.601. The van der Waals surface area contributed by atoms with E-state index in [0.717, 1.165) is 10.9 Å². The Kier molecular flexibility index (Phi) is 4.40. The Morgan fingerprint density at radius 2 is 2.00 bits per heavy atom. The summed E-state index contributed by atoms with van der Waals surface area (Å²) in [5.74, 6) is -0.0961. The maximum Gasteiger partial charge on any atom is 0.303 e. The molecule has 1 aromatic carbocycles. The number of carboxylic acids is 1. The Hall–Kier alpha value is -2.30. The van der Waals surface area contributed by atoms with Gasteiger partial charge in [-0.1, -0.05) is 0 Å². The third kappa shape index (κ3) is 3.17. The van der Waals surface area contributed by atoms with Crippen molar-refractivity contribution in [1.82, 2.24) is 4.98 Å². The first-order chi connectivity index (χ1) is 9.61. The summed E-state index contributed by atoms with van der Waals surface area (Å²) in [5, 5.41) is 9.40. The first kappa shape index (κ1) is 14.1. The number of Topliss-reactive ketones (excluding diaryl/α,β-unsaturated/α-hetero) is 1. The topological polar surface area (TPSA) is 79.4 Å². The summed E-state index contributed by atoms with van der Waals surface area (Å²) in [4.78, 5) is 25.6. The summed E-state index contributed by atoms with van der Waals surface area (Å²) in [6, 6.07) is 5.53. The summed E-state index contributed by atoms with van der Waals surface area (Å²) in [5.41, 5.74) is 1.52. The maximum atomic E-state index is 12.2. The minimum atomic E-state index is -0.825. The fourth-order valence-corrected chi connectivity index (χ4v) is 2.15. The van der Waals surface area contributed by atoms with Crippen molar-refractivity contribution in [2.45, 2.75) is 25.7 Å². The van der Waals surface area contributed by atoms with E-state index in [9.17, 15) is 9.59 Å². The van der Waals surface area contributed by atoms with E-state index in [-0.39, 0.29) is 12.2 Å². The molecule has 0 aliphatic heterocycles. The lowest BCUT2D eigenvalue weighted by Crippen LogP contribution is -2.00. The van der Waals surface area contributed by atoms with Crippen LogP contribution in [0.2, 0.25) is 0 Å². The average Bonchev–Trinajstić information content (AvgIpc) is 2.86. The normalized spacial score (nSPS) is 10.7. The zero-order chi connectivity index (χ0) is 14.5. The molecule has 0 amide bonds. The van der Waals surface area contributed by atoms with Crippen molar-refractivity contribution < 1.29 is 19.4 Å². The van der Waals surface area contributed by atoms with Gasteiger partial charge in [-0.25, -0.2) is 0 Å². The number of ether oxygens (including phenoxy) is 1. The van der Waals surface area contributed by atoms with Gasteiger partial charge in [-0.2, -0.15) is 0 Å². The molecule has 0 spiro atoms. The first-order valence-electron chi connectivity index (χ1n) is 6.52. The number of aliphatic carboxylic acids is 1. The fraction of sp³-hybridized carbons (Fsp3) is 0.333. The Labute approximate surface area is 116 Å². The number of carbonyl (C=O) groups excluding carboxylic acids is 1. The number of unbranched alkanes of at least 4 members (excludes halogenated alkanes) is 1.